The van der Waals surface area contributed by atoms with Gasteiger partial charge in [0.15, 0.2) is 5.82 Å². The van der Waals surface area contributed by atoms with Crippen molar-refractivity contribution in [3.8, 4) is 5.75 Å². The van der Waals surface area contributed by atoms with Gasteiger partial charge in [-0.15, -0.1) is 0 Å². The van der Waals surface area contributed by atoms with E-state index in [9.17, 15) is 4.79 Å². The van der Waals surface area contributed by atoms with Gasteiger partial charge in [0.2, 0.25) is 0 Å². The van der Waals surface area contributed by atoms with Crippen molar-refractivity contribution in [2.75, 3.05) is 55.0 Å². The lowest BCUT2D eigenvalue weighted by atomic mass is 10.1. The van der Waals surface area contributed by atoms with E-state index in [-0.39, 0.29) is 6.03 Å². The molecule has 0 radical (unpaired) electrons. The highest BCUT2D eigenvalue weighted by Crippen LogP contribution is 2.37. The minimum absolute atomic E-state index is 0.200. The second-order valence-corrected chi connectivity index (χ2v) is 10.8. The van der Waals surface area contributed by atoms with Crippen molar-refractivity contribution in [3.05, 3.63) is 95.1 Å². The van der Waals surface area contributed by atoms with Gasteiger partial charge in [0, 0.05) is 50.0 Å². The largest absolute Gasteiger partial charge is 0.495 e. The van der Waals surface area contributed by atoms with Crippen molar-refractivity contribution >= 4 is 29.0 Å². The Balaban J connectivity index is 1.32. The van der Waals surface area contributed by atoms with Crippen molar-refractivity contribution < 1.29 is 9.53 Å². The molecule has 41 heavy (non-hydrogen) atoms. The summed E-state index contributed by atoms with van der Waals surface area (Å²) in [5.41, 5.74) is 6.17. The Morgan fingerprint density at radius 3 is 2.27 bits per heavy atom. The molecule has 210 valence electrons. The number of nitrogens with zero attached hydrogens (tertiary/aromatic N) is 7. The number of benzene rings is 2. The first-order valence-corrected chi connectivity index (χ1v) is 14.0. The molecule has 4 heterocycles. The van der Waals surface area contributed by atoms with Gasteiger partial charge in [0.25, 0.3) is 0 Å². The van der Waals surface area contributed by atoms with E-state index in [2.05, 4.69) is 46.1 Å². The molecule has 0 aliphatic carbocycles. The van der Waals surface area contributed by atoms with Crippen LogP contribution in [-0.2, 0) is 13.0 Å². The maximum absolute atomic E-state index is 14.1. The molecule has 2 aromatic heterocycles. The maximum atomic E-state index is 14.1. The van der Waals surface area contributed by atoms with Crippen molar-refractivity contribution in [1.29, 1.82) is 0 Å². The average Bonchev–Trinajstić information content (AvgIpc) is 2.98. The van der Waals surface area contributed by atoms with E-state index in [1.165, 1.54) is 5.69 Å². The van der Waals surface area contributed by atoms with Gasteiger partial charge in [0.1, 0.15) is 17.4 Å². The molecule has 2 aliphatic heterocycles. The van der Waals surface area contributed by atoms with Gasteiger partial charge in [-0.1, -0.05) is 30.3 Å². The highest BCUT2D eigenvalue weighted by Gasteiger charge is 2.36. The molecule has 1 fully saturated rings. The second-order valence-electron chi connectivity index (χ2n) is 10.8. The topological polar surface area (TPSA) is 77.9 Å². The van der Waals surface area contributed by atoms with Crippen molar-refractivity contribution in [2.24, 2.45) is 0 Å². The Labute approximate surface area is 241 Å². The molecule has 0 bridgehead atoms. The third kappa shape index (κ3) is 5.32. The summed E-state index contributed by atoms with van der Waals surface area (Å²) in [5.74, 6) is 2.32. The molecule has 2 aromatic carbocycles. The van der Waals surface area contributed by atoms with Crippen LogP contribution in [0.15, 0.2) is 67.0 Å². The number of urea groups is 1. The first kappa shape index (κ1) is 26.7. The number of hydrogen-bond donors (Lipinski definition) is 0. The van der Waals surface area contributed by atoms with E-state index >= 15 is 0 Å². The highest BCUT2D eigenvalue weighted by atomic mass is 16.5. The summed E-state index contributed by atoms with van der Waals surface area (Å²) in [7, 11) is 3.76. The van der Waals surface area contributed by atoms with Crippen molar-refractivity contribution in [2.45, 2.75) is 26.8 Å². The van der Waals surface area contributed by atoms with Crippen LogP contribution < -0.4 is 19.4 Å². The van der Waals surface area contributed by atoms with E-state index in [1.807, 2.05) is 38.2 Å². The Morgan fingerprint density at radius 2 is 1.61 bits per heavy atom. The smallest absolute Gasteiger partial charge is 0.336 e. The van der Waals surface area contributed by atoms with Gasteiger partial charge >= 0.3 is 6.03 Å². The first-order chi connectivity index (χ1) is 19.9. The van der Waals surface area contributed by atoms with Crippen LogP contribution in [0.25, 0.3) is 0 Å². The van der Waals surface area contributed by atoms with Crippen LogP contribution in [0.3, 0.4) is 0 Å². The number of likely N-dealkylation sites (N-methyl/N-ethyl adjacent to an activating group) is 1. The van der Waals surface area contributed by atoms with Crippen LogP contribution >= 0.6 is 0 Å². The summed E-state index contributed by atoms with van der Waals surface area (Å²) in [5, 5.41) is 0. The Morgan fingerprint density at radius 1 is 0.878 bits per heavy atom. The van der Waals surface area contributed by atoms with Gasteiger partial charge in [-0.3, -0.25) is 4.90 Å². The predicted molar refractivity (Wildman–Crippen MR) is 161 cm³/mol. The zero-order valence-electron chi connectivity index (χ0n) is 24.0. The predicted octanol–water partition coefficient (Wildman–Crippen LogP) is 5.12. The van der Waals surface area contributed by atoms with E-state index in [4.69, 9.17) is 14.7 Å². The molecule has 0 N–H and O–H groups in total. The number of carbonyl (C=O) groups excluding carboxylic acids is 1. The monoisotopic (exact) mass is 549 g/mol. The summed E-state index contributed by atoms with van der Waals surface area (Å²) in [6.07, 6.45) is 4.03. The number of pyridine rings is 1. The van der Waals surface area contributed by atoms with Crippen molar-refractivity contribution in [1.82, 2.24) is 19.9 Å². The Bertz CT molecular complexity index is 1530. The first-order valence-electron chi connectivity index (χ1n) is 14.0. The van der Waals surface area contributed by atoms with Crippen LogP contribution in [0.2, 0.25) is 0 Å². The molecule has 4 aromatic rings. The number of methoxy groups -OCH3 is 1. The molecule has 9 nitrogen and oxygen atoms in total. The minimum Gasteiger partial charge on any atom is -0.495 e. The fraction of sp³-hybridized carbons (Fsp3) is 0.312. The number of aromatic nitrogens is 3. The fourth-order valence-electron chi connectivity index (χ4n) is 5.58. The molecular weight excluding hydrogens is 514 g/mol. The quantitative estimate of drug-likeness (QED) is 0.330. The minimum atomic E-state index is -0.200. The summed E-state index contributed by atoms with van der Waals surface area (Å²) < 4.78 is 5.30. The summed E-state index contributed by atoms with van der Waals surface area (Å²) in [6.45, 7) is 8.64. The zero-order chi connectivity index (χ0) is 28.5. The van der Waals surface area contributed by atoms with Crippen LogP contribution in [0.1, 0.15) is 28.1 Å². The highest BCUT2D eigenvalue weighted by molar-refractivity contribution is 6.10. The van der Waals surface area contributed by atoms with E-state index < -0.39 is 0 Å². The van der Waals surface area contributed by atoms with E-state index in [0.29, 0.717) is 36.2 Å². The standard InChI is InChI=1S/C32H35N7O2/c1-22-6-5-7-23(2)30(22)38-21-25-19-33-28(18-24-8-10-26(11-9-24)37-16-14-36(3)15-17-37)35-31(25)39(32(38)40)29-13-12-27(41-4)20-34-29/h5-13,19-20H,14-18,21H2,1-4H3. The molecule has 2 amide bonds. The number of amides is 2. The molecule has 0 saturated carbocycles. The van der Waals surface area contributed by atoms with E-state index in [1.54, 1.807) is 35.2 Å². The number of ether oxygens (including phenoxy) is 1. The number of anilines is 4. The Kier molecular flexibility index (Phi) is 7.28. The zero-order valence-corrected chi connectivity index (χ0v) is 24.0. The van der Waals surface area contributed by atoms with Crippen LogP contribution in [0, 0.1) is 13.8 Å². The second kappa shape index (κ2) is 11.2. The third-order valence-corrected chi connectivity index (χ3v) is 7.92. The average molecular weight is 550 g/mol. The van der Waals surface area contributed by atoms with E-state index in [0.717, 1.165) is 54.1 Å². The number of aryl methyl sites for hydroxylation is 2. The molecule has 9 heteroatoms. The van der Waals surface area contributed by atoms with Crippen LogP contribution in [0.5, 0.6) is 5.75 Å². The van der Waals surface area contributed by atoms with Crippen LogP contribution in [0.4, 0.5) is 27.8 Å². The molecule has 1 saturated heterocycles. The lowest BCUT2D eigenvalue weighted by molar-refractivity contribution is 0.252. The number of para-hydroxylation sites is 1. The summed E-state index contributed by atoms with van der Waals surface area (Å²) in [6, 6.07) is 18.1. The SMILES string of the molecule is COc1ccc(N2C(=O)N(c3c(C)cccc3C)Cc3cnc(Cc4ccc(N5CCN(C)CC5)cc4)nc32)nc1. The fourth-order valence-corrected chi connectivity index (χ4v) is 5.58. The molecule has 0 unspecified atom stereocenters. The lowest BCUT2D eigenvalue weighted by Crippen LogP contribution is -2.46. The van der Waals surface area contributed by atoms with Crippen molar-refractivity contribution in [3.63, 3.8) is 0 Å². The number of carbonyl (C=O) groups is 1. The third-order valence-electron chi connectivity index (χ3n) is 7.92. The van der Waals surface area contributed by atoms with Gasteiger partial charge in [0.05, 0.1) is 25.5 Å². The summed E-state index contributed by atoms with van der Waals surface area (Å²) in [4.78, 5) is 36.5. The summed E-state index contributed by atoms with van der Waals surface area (Å²) >= 11 is 0. The normalized spacial score (nSPS) is 15.7. The molecule has 0 spiro atoms. The van der Waals surface area contributed by atoms with Gasteiger partial charge in [-0.25, -0.2) is 24.6 Å². The molecular formula is C32H35N7O2. The number of piperazine rings is 1. The Hall–Kier alpha value is -4.50. The van der Waals surface area contributed by atoms with Gasteiger partial charge in [-0.2, -0.15) is 0 Å². The maximum Gasteiger partial charge on any atom is 0.336 e. The lowest BCUT2D eigenvalue weighted by Gasteiger charge is -2.36. The van der Waals surface area contributed by atoms with Gasteiger partial charge in [-0.05, 0) is 61.9 Å². The number of hydrogen-bond acceptors (Lipinski definition) is 7. The molecule has 6 rings (SSSR count). The number of fused-ring (bicyclic) bond motifs is 1. The number of rotatable bonds is 6. The molecule has 0 atom stereocenters. The van der Waals surface area contributed by atoms with Crippen LogP contribution in [-0.4, -0.2) is 66.2 Å². The molecule has 2 aliphatic rings. The van der Waals surface area contributed by atoms with Gasteiger partial charge < -0.3 is 14.5 Å².